The van der Waals surface area contributed by atoms with E-state index in [1.54, 1.807) is 17.7 Å². The van der Waals surface area contributed by atoms with Crippen molar-refractivity contribution in [2.75, 3.05) is 6.61 Å². The zero-order valence-electron chi connectivity index (χ0n) is 16.7. The molecule has 146 valence electrons. The Hall–Kier alpha value is -2.59. The van der Waals surface area contributed by atoms with E-state index in [2.05, 4.69) is 50.1 Å². The molecule has 0 saturated carbocycles. The van der Waals surface area contributed by atoms with Gasteiger partial charge in [0.2, 0.25) is 0 Å². The van der Waals surface area contributed by atoms with E-state index in [-0.39, 0.29) is 11.4 Å². The lowest BCUT2D eigenvalue weighted by Crippen LogP contribution is -2.14. The first-order valence-corrected chi connectivity index (χ1v) is 9.76. The molecule has 28 heavy (non-hydrogen) atoms. The third-order valence-corrected chi connectivity index (χ3v) is 4.81. The van der Waals surface area contributed by atoms with E-state index < -0.39 is 0 Å². The van der Waals surface area contributed by atoms with Crippen molar-refractivity contribution < 1.29 is 9.53 Å². The van der Waals surface area contributed by atoms with Crippen LogP contribution in [0.25, 0.3) is 11.3 Å². The summed E-state index contributed by atoms with van der Waals surface area (Å²) in [5, 5.41) is 5.31. The predicted octanol–water partition coefficient (Wildman–Crippen LogP) is 5.73. The van der Waals surface area contributed by atoms with Crippen molar-refractivity contribution in [2.45, 2.75) is 39.7 Å². The van der Waals surface area contributed by atoms with Crippen LogP contribution in [0.2, 0.25) is 5.02 Å². The lowest BCUT2D eigenvalue weighted by Gasteiger charge is -2.19. The molecule has 0 bridgehead atoms. The number of hydrogen-bond acceptors (Lipinski definition) is 3. The Bertz CT molecular complexity index is 952. The molecule has 0 saturated heterocycles. The first kappa shape index (κ1) is 20.2. The zero-order valence-corrected chi connectivity index (χ0v) is 17.5. The topological polar surface area (TPSA) is 44.1 Å². The number of hydrogen-bond donors (Lipinski definition) is 0. The average Bonchev–Trinajstić information content (AvgIpc) is 3.06. The van der Waals surface area contributed by atoms with Crippen molar-refractivity contribution in [1.82, 2.24) is 9.78 Å². The summed E-state index contributed by atoms with van der Waals surface area (Å²) in [6.07, 6.45) is 0. The molecule has 1 aromatic heterocycles. The summed E-state index contributed by atoms with van der Waals surface area (Å²) in [4.78, 5) is 12.4. The van der Waals surface area contributed by atoms with Gasteiger partial charge in [-0.05, 0) is 41.7 Å². The fourth-order valence-electron chi connectivity index (χ4n) is 2.95. The maximum absolute atomic E-state index is 12.4. The Balaban J connectivity index is 1.94. The molecule has 0 atom stereocenters. The normalized spacial score (nSPS) is 11.5. The summed E-state index contributed by atoms with van der Waals surface area (Å²) < 4.78 is 6.92. The maximum atomic E-state index is 12.4. The minimum atomic E-state index is -0.374. The van der Waals surface area contributed by atoms with Gasteiger partial charge in [-0.15, -0.1) is 0 Å². The molecular formula is C23H25ClN2O2. The monoisotopic (exact) mass is 396 g/mol. The van der Waals surface area contributed by atoms with Crippen molar-refractivity contribution in [3.63, 3.8) is 0 Å². The molecular weight excluding hydrogens is 372 g/mol. The molecule has 0 aliphatic carbocycles. The number of benzene rings is 2. The molecule has 0 fully saturated rings. The predicted molar refractivity (Wildman–Crippen MR) is 113 cm³/mol. The third kappa shape index (κ3) is 4.63. The number of nitrogens with zero attached hydrogens (tertiary/aromatic N) is 2. The summed E-state index contributed by atoms with van der Waals surface area (Å²) >= 11 is 5.98. The van der Waals surface area contributed by atoms with Gasteiger partial charge < -0.3 is 4.74 Å². The van der Waals surface area contributed by atoms with Gasteiger partial charge in [0.1, 0.15) is 5.69 Å². The van der Waals surface area contributed by atoms with Crippen LogP contribution in [0.3, 0.4) is 0 Å². The Kier molecular flexibility index (Phi) is 5.90. The second-order valence-corrected chi connectivity index (χ2v) is 8.18. The van der Waals surface area contributed by atoms with E-state index in [0.717, 1.165) is 11.1 Å². The van der Waals surface area contributed by atoms with Crippen LogP contribution in [0, 0.1) is 0 Å². The van der Waals surface area contributed by atoms with Crippen LogP contribution < -0.4 is 0 Å². The number of carbonyl (C=O) groups excluding carboxylic acids is 1. The van der Waals surface area contributed by atoms with E-state index in [1.807, 2.05) is 24.3 Å². The molecule has 4 nitrogen and oxygen atoms in total. The molecule has 2 aromatic carbocycles. The van der Waals surface area contributed by atoms with Crippen LogP contribution in [-0.4, -0.2) is 22.4 Å². The van der Waals surface area contributed by atoms with E-state index >= 15 is 0 Å². The van der Waals surface area contributed by atoms with Gasteiger partial charge in [0, 0.05) is 10.6 Å². The van der Waals surface area contributed by atoms with Crippen LogP contribution in [0.5, 0.6) is 0 Å². The fourth-order valence-corrected chi connectivity index (χ4v) is 3.08. The van der Waals surface area contributed by atoms with Crippen LogP contribution >= 0.6 is 11.6 Å². The first-order valence-electron chi connectivity index (χ1n) is 9.38. The molecule has 0 radical (unpaired) electrons. The highest BCUT2D eigenvalue weighted by Gasteiger charge is 2.18. The van der Waals surface area contributed by atoms with Crippen LogP contribution in [-0.2, 0) is 16.7 Å². The minimum Gasteiger partial charge on any atom is -0.461 e. The molecule has 3 aromatic rings. The van der Waals surface area contributed by atoms with Crippen molar-refractivity contribution in [2.24, 2.45) is 0 Å². The second-order valence-electron chi connectivity index (χ2n) is 7.75. The highest BCUT2D eigenvalue weighted by atomic mass is 35.5. The summed E-state index contributed by atoms with van der Waals surface area (Å²) in [5.74, 6) is -0.374. The van der Waals surface area contributed by atoms with Crippen molar-refractivity contribution in [3.05, 3.63) is 76.4 Å². The molecule has 5 heteroatoms. The summed E-state index contributed by atoms with van der Waals surface area (Å²) in [5.41, 5.74) is 4.49. The maximum Gasteiger partial charge on any atom is 0.356 e. The van der Waals surface area contributed by atoms with E-state index in [9.17, 15) is 4.79 Å². The largest absolute Gasteiger partial charge is 0.461 e. The molecule has 0 N–H and O–H groups in total. The summed E-state index contributed by atoms with van der Waals surface area (Å²) in [6, 6.07) is 17.6. The number of aromatic nitrogens is 2. The number of carbonyl (C=O) groups is 1. The molecule has 0 aliphatic heterocycles. The van der Waals surface area contributed by atoms with Gasteiger partial charge >= 0.3 is 5.97 Å². The van der Waals surface area contributed by atoms with Gasteiger partial charge in [-0.1, -0.05) is 68.8 Å². The molecule has 0 spiro atoms. The van der Waals surface area contributed by atoms with Crippen LogP contribution in [0.15, 0.2) is 54.6 Å². The highest BCUT2D eigenvalue weighted by Crippen LogP contribution is 2.24. The number of rotatable bonds is 5. The Labute approximate surface area is 171 Å². The quantitative estimate of drug-likeness (QED) is 0.517. The van der Waals surface area contributed by atoms with Crippen LogP contribution in [0.4, 0.5) is 0 Å². The lowest BCUT2D eigenvalue weighted by atomic mass is 9.87. The van der Waals surface area contributed by atoms with Crippen molar-refractivity contribution in [3.8, 4) is 11.3 Å². The number of esters is 1. The molecule has 0 unspecified atom stereocenters. The van der Waals surface area contributed by atoms with Gasteiger partial charge in [0.05, 0.1) is 18.8 Å². The molecule has 0 aliphatic rings. The van der Waals surface area contributed by atoms with Gasteiger partial charge in [0.25, 0.3) is 0 Å². The van der Waals surface area contributed by atoms with Crippen LogP contribution in [0.1, 0.15) is 49.3 Å². The third-order valence-electron chi connectivity index (χ3n) is 4.56. The minimum absolute atomic E-state index is 0.0993. The SMILES string of the molecule is CCOC(=O)c1cc(-c2ccc(Cl)cc2)nn1Cc1ccc(C(C)(C)C)cc1. The average molecular weight is 397 g/mol. The number of halogens is 1. The van der Waals surface area contributed by atoms with Crippen molar-refractivity contribution >= 4 is 17.6 Å². The second kappa shape index (κ2) is 8.19. The van der Waals surface area contributed by atoms with E-state index in [4.69, 9.17) is 16.3 Å². The molecule has 0 amide bonds. The molecule has 3 rings (SSSR count). The van der Waals surface area contributed by atoms with Crippen molar-refractivity contribution in [1.29, 1.82) is 0 Å². The zero-order chi connectivity index (χ0) is 20.3. The Morgan fingerprint density at radius 1 is 1.07 bits per heavy atom. The molecule has 1 heterocycles. The number of ether oxygens (including phenoxy) is 1. The Morgan fingerprint density at radius 2 is 1.71 bits per heavy atom. The van der Waals surface area contributed by atoms with Gasteiger partial charge in [-0.25, -0.2) is 4.79 Å². The van der Waals surface area contributed by atoms with E-state index in [0.29, 0.717) is 29.6 Å². The van der Waals surface area contributed by atoms with Gasteiger partial charge in [-0.2, -0.15) is 5.10 Å². The lowest BCUT2D eigenvalue weighted by molar-refractivity contribution is 0.0512. The highest BCUT2D eigenvalue weighted by molar-refractivity contribution is 6.30. The summed E-state index contributed by atoms with van der Waals surface area (Å²) in [6.45, 7) is 9.17. The Morgan fingerprint density at radius 3 is 2.29 bits per heavy atom. The van der Waals surface area contributed by atoms with Gasteiger partial charge in [0.15, 0.2) is 0 Å². The van der Waals surface area contributed by atoms with E-state index in [1.165, 1.54) is 5.56 Å². The first-order chi connectivity index (χ1) is 13.3. The fraction of sp³-hybridized carbons (Fsp3) is 0.304. The standard InChI is InChI=1S/C23H25ClN2O2/c1-5-28-22(27)21-14-20(17-8-12-19(24)13-9-17)25-26(21)15-16-6-10-18(11-7-16)23(2,3)4/h6-14H,5,15H2,1-4H3. The summed E-state index contributed by atoms with van der Waals surface area (Å²) in [7, 11) is 0. The van der Waals surface area contributed by atoms with Gasteiger partial charge in [-0.3, -0.25) is 4.68 Å². The smallest absolute Gasteiger partial charge is 0.356 e.